The fourth-order valence-electron chi connectivity index (χ4n) is 3.26. The van der Waals surface area contributed by atoms with Crippen molar-refractivity contribution in [1.29, 1.82) is 0 Å². The number of nitrogens with zero attached hydrogens (tertiary/aromatic N) is 2. The van der Waals surface area contributed by atoms with Crippen molar-refractivity contribution in [3.8, 4) is 0 Å². The second kappa shape index (κ2) is 5.40. The van der Waals surface area contributed by atoms with Gasteiger partial charge in [0.25, 0.3) is 5.91 Å². The molecular weight excluding hydrogens is 252 g/mol. The molecule has 1 amide bonds. The number of nitrogens with one attached hydrogen (secondary N) is 1. The molecule has 1 saturated heterocycles. The van der Waals surface area contributed by atoms with Crippen molar-refractivity contribution in [3.05, 3.63) is 22.9 Å². The summed E-state index contributed by atoms with van der Waals surface area (Å²) in [7, 11) is 2.00. The number of anilines is 1. The summed E-state index contributed by atoms with van der Waals surface area (Å²) >= 11 is 0. The number of carbonyl (C=O) groups is 1. The topological polar surface area (TPSA) is 71.2 Å². The van der Waals surface area contributed by atoms with Gasteiger partial charge < -0.3 is 16.0 Å². The minimum atomic E-state index is -0.381. The van der Waals surface area contributed by atoms with Gasteiger partial charge in [-0.2, -0.15) is 0 Å². The first-order valence-electron chi connectivity index (χ1n) is 7.42. The monoisotopic (exact) mass is 274 g/mol. The number of rotatable bonds is 4. The van der Waals surface area contributed by atoms with Gasteiger partial charge in [-0.25, -0.2) is 4.98 Å². The maximum atomic E-state index is 11.7. The lowest BCUT2D eigenvalue weighted by atomic mass is 10.1. The molecule has 0 aromatic carbocycles. The first kappa shape index (κ1) is 13.4. The van der Waals surface area contributed by atoms with Crippen LogP contribution in [-0.2, 0) is 12.8 Å². The lowest BCUT2D eigenvalue weighted by Gasteiger charge is -2.24. The summed E-state index contributed by atoms with van der Waals surface area (Å²) in [6.07, 6.45) is 5.55. The minimum Gasteiger partial charge on any atom is -0.365 e. The summed E-state index contributed by atoms with van der Waals surface area (Å²) in [5.41, 5.74) is 8.42. The number of primary amides is 1. The van der Waals surface area contributed by atoms with E-state index in [9.17, 15) is 4.79 Å². The van der Waals surface area contributed by atoms with Gasteiger partial charge in [-0.1, -0.05) is 0 Å². The molecule has 20 heavy (non-hydrogen) atoms. The van der Waals surface area contributed by atoms with Crippen LogP contribution >= 0.6 is 0 Å². The van der Waals surface area contributed by atoms with Crippen LogP contribution in [0.15, 0.2) is 6.07 Å². The smallest absolute Gasteiger partial charge is 0.252 e. The molecular formula is C15H22N4O. The summed E-state index contributed by atoms with van der Waals surface area (Å²) in [6.45, 7) is 1.95. The molecule has 1 fully saturated rings. The quantitative estimate of drug-likeness (QED) is 0.854. The number of likely N-dealkylation sites (N-methyl/N-ethyl adjacent to an activating group) is 1. The summed E-state index contributed by atoms with van der Waals surface area (Å²) < 4.78 is 0. The second-order valence-electron chi connectivity index (χ2n) is 5.86. The van der Waals surface area contributed by atoms with Crippen molar-refractivity contribution >= 4 is 11.7 Å². The van der Waals surface area contributed by atoms with Crippen molar-refractivity contribution in [2.24, 2.45) is 5.73 Å². The maximum Gasteiger partial charge on any atom is 0.252 e. The largest absolute Gasteiger partial charge is 0.365 e. The molecule has 1 aliphatic heterocycles. The molecule has 1 aliphatic carbocycles. The number of nitrogens with two attached hydrogens (primary N) is 1. The molecule has 0 spiro atoms. The van der Waals surface area contributed by atoms with E-state index in [0.29, 0.717) is 11.6 Å². The van der Waals surface area contributed by atoms with E-state index in [0.717, 1.165) is 43.9 Å². The van der Waals surface area contributed by atoms with E-state index in [1.54, 1.807) is 0 Å². The Morgan fingerprint density at radius 2 is 2.35 bits per heavy atom. The van der Waals surface area contributed by atoms with Crippen LogP contribution in [-0.4, -0.2) is 37.1 Å². The Balaban J connectivity index is 1.88. The zero-order valence-corrected chi connectivity index (χ0v) is 12.0. The summed E-state index contributed by atoms with van der Waals surface area (Å²) in [5.74, 6) is 0.361. The first-order valence-corrected chi connectivity index (χ1v) is 7.42. The molecule has 0 radical (unpaired) electrons. The van der Waals surface area contributed by atoms with E-state index < -0.39 is 0 Å². The molecule has 5 nitrogen and oxygen atoms in total. The molecule has 2 aliphatic rings. The molecule has 5 heteroatoms. The van der Waals surface area contributed by atoms with Gasteiger partial charge in [0.1, 0.15) is 5.82 Å². The standard InChI is InChI=1S/C15H22N4O/c1-19(9-11-5-3-7-17-11)15-12(14(16)20)8-10-4-2-6-13(10)18-15/h8,11,17H,2-7,9H2,1H3,(H2,16,20). The van der Waals surface area contributed by atoms with Crippen molar-refractivity contribution in [2.45, 2.75) is 38.1 Å². The van der Waals surface area contributed by atoms with Gasteiger partial charge in [-0.3, -0.25) is 4.79 Å². The fourth-order valence-corrected chi connectivity index (χ4v) is 3.26. The summed E-state index contributed by atoms with van der Waals surface area (Å²) in [5, 5.41) is 3.47. The Hall–Kier alpha value is -1.62. The summed E-state index contributed by atoms with van der Waals surface area (Å²) in [4.78, 5) is 18.5. The number of fused-ring (bicyclic) bond motifs is 1. The van der Waals surface area contributed by atoms with E-state index in [-0.39, 0.29) is 5.91 Å². The van der Waals surface area contributed by atoms with E-state index in [4.69, 9.17) is 10.7 Å². The van der Waals surface area contributed by atoms with E-state index >= 15 is 0 Å². The predicted molar refractivity (Wildman–Crippen MR) is 79.1 cm³/mol. The molecule has 108 valence electrons. The zero-order valence-electron chi connectivity index (χ0n) is 12.0. The molecule has 1 aromatic rings. The van der Waals surface area contributed by atoms with Crippen LogP contribution in [0.4, 0.5) is 5.82 Å². The second-order valence-corrected chi connectivity index (χ2v) is 5.86. The van der Waals surface area contributed by atoms with E-state index in [2.05, 4.69) is 10.2 Å². The molecule has 1 unspecified atom stereocenters. The maximum absolute atomic E-state index is 11.7. The van der Waals surface area contributed by atoms with Crippen LogP contribution in [0.5, 0.6) is 0 Å². The highest BCUT2D eigenvalue weighted by molar-refractivity contribution is 5.98. The van der Waals surface area contributed by atoms with Crippen LogP contribution < -0.4 is 16.0 Å². The molecule has 1 aromatic heterocycles. The van der Waals surface area contributed by atoms with Crippen LogP contribution in [0.3, 0.4) is 0 Å². The lowest BCUT2D eigenvalue weighted by molar-refractivity contribution is 0.100. The van der Waals surface area contributed by atoms with Crippen LogP contribution in [0.2, 0.25) is 0 Å². The Morgan fingerprint density at radius 1 is 1.50 bits per heavy atom. The molecule has 1 atom stereocenters. The average molecular weight is 274 g/mol. The Labute approximate surface area is 119 Å². The Bertz CT molecular complexity index is 523. The predicted octanol–water partition coefficient (Wildman–Crippen LogP) is 0.857. The first-order chi connectivity index (χ1) is 9.65. The van der Waals surface area contributed by atoms with Gasteiger partial charge in [0.15, 0.2) is 0 Å². The Kier molecular flexibility index (Phi) is 3.61. The molecule has 0 bridgehead atoms. The molecule has 2 heterocycles. The van der Waals surface area contributed by atoms with Gasteiger partial charge in [-0.05, 0) is 50.3 Å². The number of pyridine rings is 1. The van der Waals surface area contributed by atoms with Crippen molar-refractivity contribution in [2.75, 3.05) is 25.0 Å². The highest BCUT2D eigenvalue weighted by Gasteiger charge is 2.23. The SMILES string of the molecule is CN(CC1CCCN1)c1nc2c(cc1C(N)=O)CCC2. The normalized spacial score (nSPS) is 20.9. The molecule has 0 saturated carbocycles. The third kappa shape index (κ3) is 2.50. The number of aryl methyl sites for hydroxylation is 2. The van der Waals surface area contributed by atoms with Crippen molar-refractivity contribution in [1.82, 2.24) is 10.3 Å². The number of carbonyl (C=O) groups excluding carboxylic acids is 1. The number of hydrogen-bond donors (Lipinski definition) is 2. The van der Waals surface area contributed by atoms with E-state index in [1.807, 2.05) is 13.1 Å². The third-order valence-electron chi connectivity index (χ3n) is 4.31. The van der Waals surface area contributed by atoms with Gasteiger partial charge in [0, 0.05) is 25.3 Å². The number of aromatic nitrogens is 1. The van der Waals surface area contributed by atoms with Crippen molar-refractivity contribution < 1.29 is 4.79 Å². The average Bonchev–Trinajstić information content (AvgIpc) is 3.06. The van der Waals surface area contributed by atoms with Gasteiger partial charge in [-0.15, -0.1) is 0 Å². The fraction of sp³-hybridized carbons (Fsp3) is 0.600. The number of hydrogen-bond acceptors (Lipinski definition) is 4. The zero-order chi connectivity index (χ0) is 14.1. The molecule has 3 rings (SSSR count). The third-order valence-corrected chi connectivity index (χ3v) is 4.31. The molecule has 3 N–H and O–H groups in total. The van der Waals surface area contributed by atoms with Crippen LogP contribution in [0.1, 0.15) is 40.9 Å². The van der Waals surface area contributed by atoms with Gasteiger partial charge in [0.2, 0.25) is 0 Å². The van der Waals surface area contributed by atoms with E-state index in [1.165, 1.54) is 18.4 Å². The lowest BCUT2D eigenvalue weighted by Crippen LogP contribution is -2.36. The summed E-state index contributed by atoms with van der Waals surface area (Å²) in [6, 6.07) is 2.43. The minimum absolute atomic E-state index is 0.381. The highest BCUT2D eigenvalue weighted by Crippen LogP contribution is 2.27. The van der Waals surface area contributed by atoms with Crippen LogP contribution in [0.25, 0.3) is 0 Å². The highest BCUT2D eigenvalue weighted by atomic mass is 16.1. The van der Waals surface area contributed by atoms with Crippen LogP contribution in [0, 0.1) is 0 Å². The number of amides is 1. The van der Waals surface area contributed by atoms with Gasteiger partial charge >= 0.3 is 0 Å². The van der Waals surface area contributed by atoms with Gasteiger partial charge in [0.05, 0.1) is 5.56 Å². The Morgan fingerprint density at radius 3 is 3.05 bits per heavy atom. The van der Waals surface area contributed by atoms with Crippen molar-refractivity contribution in [3.63, 3.8) is 0 Å².